The van der Waals surface area contributed by atoms with Gasteiger partial charge in [-0.15, -0.1) is 0 Å². The van der Waals surface area contributed by atoms with Crippen LogP contribution >= 0.6 is 0 Å². The van der Waals surface area contributed by atoms with Crippen LogP contribution in [0.5, 0.6) is 11.5 Å². The van der Waals surface area contributed by atoms with Gasteiger partial charge in [0.1, 0.15) is 12.6 Å². The smallest absolute Gasteiger partial charge is 0.243 e. The zero-order valence-electron chi connectivity index (χ0n) is 17.0. The van der Waals surface area contributed by atoms with Crippen LogP contribution in [0.1, 0.15) is 22.5 Å². The summed E-state index contributed by atoms with van der Waals surface area (Å²) in [6.07, 6.45) is 0.435. The molecule has 1 aromatic carbocycles. The Balaban J connectivity index is 1.95. The molecule has 0 bridgehead atoms. The van der Waals surface area contributed by atoms with E-state index in [1.54, 1.807) is 26.2 Å². The van der Waals surface area contributed by atoms with Crippen LogP contribution in [0.25, 0.3) is 0 Å². The molecule has 3 rings (SSSR count). The molecule has 2 heterocycles. The van der Waals surface area contributed by atoms with Gasteiger partial charge in [0.2, 0.25) is 11.8 Å². The van der Waals surface area contributed by atoms with Crippen LogP contribution < -0.4 is 14.8 Å². The minimum Gasteiger partial charge on any atom is -0.493 e. The summed E-state index contributed by atoms with van der Waals surface area (Å²) in [5.41, 5.74) is 3.99. The summed E-state index contributed by atoms with van der Waals surface area (Å²) in [7, 11) is 4.76. The summed E-state index contributed by atoms with van der Waals surface area (Å²) >= 11 is 0. The van der Waals surface area contributed by atoms with Crippen LogP contribution in [0.4, 0.5) is 0 Å². The molecule has 0 fully saturated rings. The lowest BCUT2D eigenvalue weighted by atomic mass is 9.92. The number of nitrogens with zero attached hydrogens (tertiary/aromatic N) is 2. The monoisotopic (exact) mass is 385 g/mol. The van der Waals surface area contributed by atoms with Crippen molar-refractivity contribution in [3.05, 3.63) is 46.8 Å². The first kappa shape index (κ1) is 19.8. The molecule has 2 amide bonds. The quantitative estimate of drug-likeness (QED) is 0.852. The molecule has 28 heavy (non-hydrogen) atoms. The van der Waals surface area contributed by atoms with E-state index >= 15 is 0 Å². The van der Waals surface area contributed by atoms with E-state index in [2.05, 4.69) is 5.32 Å². The maximum Gasteiger partial charge on any atom is 0.243 e. The number of carbonyl (C=O) groups is 2. The summed E-state index contributed by atoms with van der Waals surface area (Å²) in [5.74, 6) is 0.977. The second kappa shape index (κ2) is 7.96. The third-order valence-corrected chi connectivity index (χ3v) is 5.42. The Morgan fingerprint density at radius 1 is 1.07 bits per heavy atom. The van der Waals surface area contributed by atoms with Gasteiger partial charge in [-0.1, -0.05) is 0 Å². The Kier molecular flexibility index (Phi) is 5.63. The van der Waals surface area contributed by atoms with Crippen LogP contribution in [-0.4, -0.2) is 48.6 Å². The van der Waals surface area contributed by atoms with E-state index in [-0.39, 0.29) is 18.4 Å². The highest BCUT2D eigenvalue weighted by molar-refractivity contribution is 5.88. The standard InChI is InChI=1S/C21H27N3O4/c1-13-6-7-14(2)23(13)12-20(25)24-11-16-10-19(28-5)18(27-4)9-15(16)8-17(24)21(26)22-3/h6-7,9-10,17H,8,11-12H2,1-5H3,(H,22,26)/t17-/m0/s1. The number of nitrogens with one attached hydrogen (secondary N) is 1. The molecule has 1 atom stereocenters. The minimum absolute atomic E-state index is 0.0866. The number of hydrogen-bond acceptors (Lipinski definition) is 4. The second-order valence-corrected chi connectivity index (χ2v) is 7.03. The van der Waals surface area contributed by atoms with Crippen LogP contribution in [0, 0.1) is 13.8 Å². The number of fused-ring (bicyclic) bond motifs is 1. The average Bonchev–Trinajstić information content (AvgIpc) is 3.02. The molecule has 1 aliphatic heterocycles. The van der Waals surface area contributed by atoms with E-state index < -0.39 is 6.04 Å². The molecule has 1 aromatic heterocycles. The van der Waals surface area contributed by atoms with Gasteiger partial charge >= 0.3 is 0 Å². The lowest BCUT2D eigenvalue weighted by molar-refractivity contribution is -0.142. The fourth-order valence-electron chi connectivity index (χ4n) is 3.75. The number of likely N-dealkylation sites (N-methyl/N-ethyl adjacent to an activating group) is 1. The largest absolute Gasteiger partial charge is 0.493 e. The van der Waals surface area contributed by atoms with E-state index in [0.29, 0.717) is 24.5 Å². The number of carbonyl (C=O) groups excluding carboxylic acids is 2. The molecule has 7 nitrogen and oxygen atoms in total. The van der Waals surface area contributed by atoms with E-state index in [1.165, 1.54) is 0 Å². The average molecular weight is 385 g/mol. The Labute approximate surface area is 165 Å². The zero-order valence-corrected chi connectivity index (χ0v) is 17.0. The van der Waals surface area contributed by atoms with Crippen molar-refractivity contribution in [1.82, 2.24) is 14.8 Å². The number of benzene rings is 1. The topological polar surface area (TPSA) is 72.8 Å². The molecule has 1 aliphatic rings. The van der Waals surface area contributed by atoms with Crippen molar-refractivity contribution in [1.29, 1.82) is 0 Å². The van der Waals surface area contributed by atoms with Gasteiger partial charge < -0.3 is 24.3 Å². The lowest BCUT2D eigenvalue weighted by Crippen LogP contribution is -2.52. The number of rotatable bonds is 5. The lowest BCUT2D eigenvalue weighted by Gasteiger charge is -2.36. The normalized spacial score (nSPS) is 15.8. The fourth-order valence-corrected chi connectivity index (χ4v) is 3.75. The molecule has 0 aliphatic carbocycles. The van der Waals surface area contributed by atoms with Crippen LogP contribution in [0.15, 0.2) is 24.3 Å². The molecule has 7 heteroatoms. The van der Waals surface area contributed by atoms with Crippen molar-refractivity contribution >= 4 is 11.8 Å². The van der Waals surface area contributed by atoms with Gasteiger partial charge in [0, 0.05) is 31.4 Å². The minimum atomic E-state index is -0.556. The van der Waals surface area contributed by atoms with Crippen molar-refractivity contribution in [3.8, 4) is 11.5 Å². The Bertz CT molecular complexity index is 884. The third kappa shape index (κ3) is 3.56. The highest BCUT2D eigenvalue weighted by atomic mass is 16.5. The Morgan fingerprint density at radius 3 is 2.18 bits per heavy atom. The van der Waals surface area contributed by atoms with Gasteiger partial charge in [-0.25, -0.2) is 0 Å². The van der Waals surface area contributed by atoms with Crippen molar-refractivity contribution in [2.75, 3.05) is 21.3 Å². The number of hydrogen-bond donors (Lipinski definition) is 1. The highest BCUT2D eigenvalue weighted by Gasteiger charge is 2.35. The summed E-state index contributed by atoms with van der Waals surface area (Å²) in [6.45, 7) is 4.51. The predicted octanol–water partition coefficient (Wildman–Crippen LogP) is 1.82. The first-order valence-electron chi connectivity index (χ1n) is 9.27. The van der Waals surface area contributed by atoms with Gasteiger partial charge in [-0.05, 0) is 49.2 Å². The van der Waals surface area contributed by atoms with Gasteiger partial charge in [0.05, 0.1) is 14.2 Å². The summed E-state index contributed by atoms with van der Waals surface area (Å²) in [4.78, 5) is 27.4. The molecule has 0 spiro atoms. The van der Waals surface area contributed by atoms with Crippen molar-refractivity contribution in [2.45, 2.75) is 39.4 Å². The summed E-state index contributed by atoms with van der Waals surface area (Å²) in [5, 5.41) is 2.69. The molecule has 0 saturated carbocycles. The van der Waals surface area contributed by atoms with Gasteiger partial charge in [0.15, 0.2) is 11.5 Å². The first-order chi connectivity index (χ1) is 13.4. The number of ether oxygens (including phenoxy) is 2. The molecule has 1 N–H and O–H groups in total. The predicted molar refractivity (Wildman–Crippen MR) is 106 cm³/mol. The van der Waals surface area contributed by atoms with Gasteiger partial charge in [-0.3, -0.25) is 9.59 Å². The van der Waals surface area contributed by atoms with E-state index in [1.807, 2.05) is 42.7 Å². The van der Waals surface area contributed by atoms with Gasteiger partial charge in [-0.2, -0.15) is 0 Å². The van der Waals surface area contributed by atoms with Crippen LogP contribution in [-0.2, 0) is 29.1 Å². The van der Waals surface area contributed by atoms with E-state index in [0.717, 1.165) is 22.5 Å². The number of aryl methyl sites for hydroxylation is 2. The van der Waals surface area contributed by atoms with Crippen molar-refractivity contribution in [3.63, 3.8) is 0 Å². The SMILES string of the molecule is CNC(=O)[C@@H]1Cc2cc(OC)c(OC)cc2CN1C(=O)Cn1c(C)ccc1C. The number of aromatic nitrogens is 1. The molecule has 0 saturated heterocycles. The molecule has 150 valence electrons. The Hall–Kier alpha value is -2.96. The van der Waals surface area contributed by atoms with Gasteiger partial charge in [0.25, 0.3) is 0 Å². The second-order valence-electron chi connectivity index (χ2n) is 7.03. The summed E-state index contributed by atoms with van der Waals surface area (Å²) in [6, 6.07) is 7.20. The van der Waals surface area contributed by atoms with Crippen LogP contribution in [0.2, 0.25) is 0 Å². The fraction of sp³-hybridized carbons (Fsp3) is 0.429. The number of methoxy groups -OCH3 is 2. The third-order valence-electron chi connectivity index (χ3n) is 5.42. The maximum absolute atomic E-state index is 13.2. The summed E-state index contributed by atoms with van der Waals surface area (Å²) < 4.78 is 12.7. The number of amides is 2. The zero-order chi connectivity index (χ0) is 20.4. The van der Waals surface area contributed by atoms with Crippen LogP contribution in [0.3, 0.4) is 0 Å². The molecule has 0 radical (unpaired) electrons. The Morgan fingerprint density at radius 2 is 1.64 bits per heavy atom. The van der Waals surface area contributed by atoms with E-state index in [4.69, 9.17) is 9.47 Å². The first-order valence-corrected chi connectivity index (χ1v) is 9.27. The highest BCUT2D eigenvalue weighted by Crippen LogP contribution is 2.35. The molecule has 0 unspecified atom stereocenters. The van der Waals surface area contributed by atoms with E-state index in [9.17, 15) is 9.59 Å². The molecule has 2 aromatic rings. The van der Waals surface area contributed by atoms with Crippen molar-refractivity contribution in [2.24, 2.45) is 0 Å². The molecular formula is C21H27N3O4. The maximum atomic E-state index is 13.2. The molecular weight excluding hydrogens is 358 g/mol. The van der Waals surface area contributed by atoms with Crippen molar-refractivity contribution < 1.29 is 19.1 Å².